The van der Waals surface area contributed by atoms with E-state index in [4.69, 9.17) is 4.99 Å². The van der Waals surface area contributed by atoms with Gasteiger partial charge >= 0.3 is 0 Å². The van der Waals surface area contributed by atoms with Crippen molar-refractivity contribution in [1.82, 2.24) is 15.5 Å². The monoisotopic (exact) mass is 561 g/mol. The topological polar surface area (TPSA) is 60.0 Å². The first-order valence-electron chi connectivity index (χ1n) is 12.0. The van der Waals surface area contributed by atoms with E-state index in [-0.39, 0.29) is 29.9 Å². The Morgan fingerprint density at radius 3 is 2.42 bits per heavy atom. The zero-order valence-electron chi connectivity index (χ0n) is 19.5. The molecule has 0 saturated carbocycles. The molecule has 0 aliphatic carbocycles. The minimum absolute atomic E-state index is 0. The van der Waals surface area contributed by atoms with Crippen LogP contribution in [-0.2, 0) is 6.54 Å². The lowest BCUT2D eigenvalue weighted by Crippen LogP contribution is -2.44. The number of carbonyl (C=O) groups excluding carboxylic acids is 1. The number of nitrogens with one attached hydrogen (secondary N) is 2. The highest BCUT2D eigenvalue weighted by molar-refractivity contribution is 14.0. The fourth-order valence-electron chi connectivity index (χ4n) is 4.47. The van der Waals surface area contributed by atoms with E-state index in [1.807, 2.05) is 29.2 Å². The van der Waals surface area contributed by atoms with Crippen LogP contribution in [0.2, 0.25) is 0 Å². The maximum Gasteiger partial charge on any atom is 0.253 e. The third-order valence-corrected chi connectivity index (χ3v) is 6.26. The third kappa shape index (κ3) is 7.09. The van der Waals surface area contributed by atoms with Gasteiger partial charge in [0.2, 0.25) is 0 Å². The fraction of sp³-hybridized carbons (Fsp3) is 0.462. The molecule has 178 valence electrons. The molecule has 2 saturated heterocycles. The maximum absolute atomic E-state index is 12.7. The van der Waals surface area contributed by atoms with E-state index in [0.29, 0.717) is 12.6 Å². The van der Waals surface area contributed by atoms with E-state index in [0.717, 1.165) is 69.1 Å². The summed E-state index contributed by atoms with van der Waals surface area (Å²) in [6, 6.07) is 18.9. The Morgan fingerprint density at radius 1 is 1.00 bits per heavy atom. The summed E-state index contributed by atoms with van der Waals surface area (Å²) in [5, 5.41) is 6.96. The summed E-state index contributed by atoms with van der Waals surface area (Å²) >= 11 is 0. The molecule has 2 aliphatic heterocycles. The van der Waals surface area contributed by atoms with Crippen LogP contribution in [0.4, 0.5) is 5.69 Å². The van der Waals surface area contributed by atoms with Crippen molar-refractivity contribution < 1.29 is 4.79 Å². The molecule has 1 amide bonds. The number of guanidine groups is 1. The predicted molar refractivity (Wildman–Crippen MR) is 147 cm³/mol. The zero-order chi connectivity index (χ0) is 22.2. The molecule has 6 nitrogen and oxygen atoms in total. The largest absolute Gasteiger partial charge is 0.369 e. The Kier molecular flexibility index (Phi) is 9.84. The number of hydrogen-bond donors (Lipinski definition) is 2. The van der Waals surface area contributed by atoms with Crippen molar-refractivity contribution in [3.8, 4) is 0 Å². The molecular weight excluding hydrogens is 525 g/mol. The molecule has 2 heterocycles. The molecule has 4 rings (SSSR count). The highest BCUT2D eigenvalue weighted by atomic mass is 127. The van der Waals surface area contributed by atoms with E-state index < -0.39 is 0 Å². The van der Waals surface area contributed by atoms with Gasteiger partial charge < -0.3 is 20.4 Å². The van der Waals surface area contributed by atoms with Crippen LogP contribution in [0, 0.1) is 0 Å². The molecule has 0 bridgehead atoms. The summed E-state index contributed by atoms with van der Waals surface area (Å²) in [5.74, 6) is 1.000. The van der Waals surface area contributed by atoms with Crippen molar-refractivity contribution in [3.63, 3.8) is 0 Å². The molecule has 33 heavy (non-hydrogen) atoms. The lowest BCUT2D eigenvalue weighted by atomic mass is 10.1. The van der Waals surface area contributed by atoms with Gasteiger partial charge in [-0.15, -0.1) is 24.0 Å². The average molecular weight is 562 g/mol. The number of benzene rings is 2. The van der Waals surface area contributed by atoms with Gasteiger partial charge in [-0.1, -0.05) is 30.3 Å². The lowest BCUT2D eigenvalue weighted by Gasteiger charge is -2.26. The highest BCUT2D eigenvalue weighted by Crippen LogP contribution is 2.19. The minimum atomic E-state index is 0. The van der Waals surface area contributed by atoms with E-state index in [1.54, 1.807) is 0 Å². The van der Waals surface area contributed by atoms with Gasteiger partial charge in [0.05, 0.1) is 6.54 Å². The Hall–Kier alpha value is -2.29. The number of piperidine rings is 1. The van der Waals surface area contributed by atoms with Crippen LogP contribution < -0.4 is 15.5 Å². The second-order valence-corrected chi connectivity index (χ2v) is 8.66. The SMILES string of the molecule is CCNC(=NCc1ccc(C(=O)N2CCCCC2)cc1)NC1CCN(c2ccccc2)C1.I. The number of hydrogen-bond acceptors (Lipinski definition) is 3. The van der Waals surface area contributed by atoms with Gasteiger partial charge in [0.1, 0.15) is 0 Å². The second-order valence-electron chi connectivity index (χ2n) is 8.66. The first-order valence-corrected chi connectivity index (χ1v) is 12.0. The van der Waals surface area contributed by atoms with Gasteiger partial charge in [0, 0.05) is 50.0 Å². The predicted octanol–water partition coefficient (Wildman–Crippen LogP) is 4.26. The number of rotatable bonds is 6. The molecule has 7 heteroatoms. The maximum atomic E-state index is 12.7. The van der Waals surface area contributed by atoms with Gasteiger partial charge in [-0.05, 0) is 62.4 Å². The molecule has 2 N–H and O–H groups in total. The van der Waals surface area contributed by atoms with Crippen molar-refractivity contribution in [1.29, 1.82) is 0 Å². The molecule has 2 fully saturated rings. The van der Waals surface area contributed by atoms with Crippen LogP contribution in [0.1, 0.15) is 48.5 Å². The van der Waals surface area contributed by atoms with E-state index >= 15 is 0 Å². The van der Waals surface area contributed by atoms with Gasteiger partial charge in [0.25, 0.3) is 5.91 Å². The Morgan fingerprint density at radius 2 is 1.73 bits per heavy atom. The van der Waals surface area contributed by atoms with Crippen molar-refractivity contribution >= 4 is 41.5 Å². The number of aliphatic imine (C=N–C) groups is 1. The number of nitrogens with zero attached hydrogens (tertiary/aromatic N) is 3. The van der Waals surface area contributed by atoms with Crippen LogP contribution in [0.25, 0.3) is 0 Å². The number of carbonyl (C=O) groups is 1. The molecule has 2 aromatic rings. The number of likely N-dealkylation sites (tertiary alicyclic amines) is 1. The summed E-state index contributed by atoms with van der Waals surface area (Å²) in [7, 11) is 0. The van der Waals surface area contributed by atoms with Crippen molar-refractivity contribution in [3.05, 3.63) is 65.7 Å². The number of amides is 1. The number of para-hydroxylation sites is 1. The molecule has 1 atom stereocenters. The first kappa shape index (κ1) is 25.3. The quantitative estimate of drug-likeness (QED) is 0.315. The summed E-state index contributed by atoms with van der Waals surface area (Å²) in [6.45, 7) is 7.28. The van der Waals surface area contributed by atoms with Crippen LogP contribution in [0.5, 0.6) is 0 Å². The van der Waals surface area contributed by atoms with Gasteiger partial charge in [-0.2, -0.15) is 0 Å². The summed E-state index contributed by atoms with van der Waals surface area (Å²) in [4.78, 5) is 21.8. The molecule has 1 unspecified atom stereocenters. The summed E-state index contributed by atoms with van der Waals surface area (Å²) < 4.78 is 0. The van der Waals surface area contributed by atoms with Crippen LogP contribution in [0.15, 0.2) is 59.6 Å². The van der Waals surface area contributed by atoms with Gasteiger partial charge in [-0.25, -0.2) is 4.99 Å². The molecule has 0 spiro atoms. The van der Waals surface area contributed by atoms with Gasteiger partial charge in [0.15, 0.2) is 5.96 Å². The summed E-state index contributed by atoms with van der Waals surface area (Å²) in [5.41, 5.74) is 3.16. The number of halogens is 1. The third-order valence-electron chi connectivity index (χ3n) is 6.26. The molecule has 0 aromatic heterocycles. The number of anilines is 1. The van der Waals surface area contributed by atoms with E-state index in [1.165, 1.54) is 12.1 Å². The van der Waals surface area contributed by atoms with E-state index in [9.17, 15) is 4.79 Å². The molecule has 2 aliphatic rings. The van der Waals surface area contributed by atoms with E-state index in [2.05, 4.69) is 52.8 Å². The van der Waals surface area contributed by atoms with Crippen molar-refractivity contribution in [2.45, 2.75) is 45.2 Å². The van der Waals surface area contributed by atoms with Crippen LogP contribution in [-0.4, -0.2) is 55.5 Å². The van der Waals surface area contributed by atoms with Crippen molar-refractivity contribution in [2.75, 3.05) is 37.6 Å². The van der Waals surface area contributed by atoms with Gasteiger partial charge in [-0.3, -0.25) is 4.79 Å². The van der Waals surface area contributed by atoms with Crippen LogP contribution >= 0.6 is 24.0 Å². The fourth-order valence-corrected chi connectivity index (χ4v) is 4.47. The minimum Gasteiger partial charge on any atom is -0.369 e. The molecule has 2 aromatic carbocycles. The highest BCUT2D eigenvalue weighted by Gasteiger charge is 2.23. The Balaban J connectivity index is 0.00000306. The van der Waals surface area contributed by atoms with Crippen molar-refractivity contribution in [2.24, 2.45) is 4.99 Å². The zero-order valence-corrected chi connectivity index (χ0v) is 21.8. The van der Waals surface area contributed by atoms with Crippen LogP contribution in [0.3, 0.4) is 0 Å². The Labute approximate surface area is 214 Å². The molecule has 0 radical (unpaired) electrons. The summed E-state index contributed by atoms with van der Waals surface area (Å²) in [6.07, 6.45) is 4.55. The lowest BCUT2D eigenvalue weighted by molar-refractivity contribution is 0.0724. The normalized spacial score (nSPS) is 18.6. The Bertz CT molecular complexity index is 897. The molecular formula is C26H36IN5O. The smallest absolute Gasteiger partial charge is 0.253 e. The second kappa shape index (κ2) is 12.8. The average Bonchev–Trinajstić information content (AvgIpc) is 3.32. The standard InChI is InChI=1S/C26H35N5O.HI/c1-2-27-26(29-23-15-18-31(20-23)24-9-5-3-6-10-24)28-19-21-11-13-22(14-12-21)25(32)30-16-7-4-8-17-30;/h3,5-6,9-14,23H,2,4,7-8,15-20H2,1H3,(H2,27,28,29);1H. The first-order chi connectivity index (χ1) is 15.7.